The van der Waals surface area contributed by atoms with Crippen molar-refractivity contribution in [2.75, 3.05) is 0 Å². The zero-order valence-electron chi connectivity index (χ0n) is 9.75. The van der Waals surface area contributed by atoms with Gasteiger partial charge in [-0.2, -0.15) is 0 Å². The van der Waals surface area contributed by atoms with Gasteiger partial charge >= 0.3 is 0 Å². The van der Waals surface area contributed by atoms with Crippen molar-refractivity contribution in [3.63, 3.8) is 0 Å². The quantitative estimate of drug-likeness (QED) is 0.798. The lowest BCUT2D eigenvalue weighted by Gasteiger charge is -2.24. The predicted octanol–water partition coefficient (Wildman–Crippen LogP) is 3.62. The predicted molar refractivity (Wildman–Crippen MR) is 62.6 cm³/mol. The molecular formula is C13H16FNO. The summed E-state index contributed by atoms with van der Waals surface area (Å²) in [5.74, 6) is 0.408. The molecule has 0 fully saturated rings. The number of nitrogens with two attached hydrogens (primary N) is 1. The molecule has 0 aliphatic rings. The number of rotatable bonds is 1. The normalized spacial score (nSPS) is 14.3. The Bertz CT molecular complexity index is 510. The molecule has 86 valence electrons. The summed E-state index contributed by atoms with van der Waals surface area (Å²) in [6.45, 7) is 6.14. The van der Waals surface area contributed by atoms with Crippen LogP contribution in [0.2, 0.25) is 0 Å². The SMILES string of the molecule is CC(C)(C)C(N)c1cc2ccc(F)cc2o1. The van der Waals surface area contributed by atoms with Crippen LogP contribution in [0.3, 0.4) is 0 Å². The first-order chi connectivity index (χ1) is 7.38. The summed E-state index contributed by atoms with van der Waals surface area (Å²) in [4.78, 5) is 0. The minimum Gasteiger partial charge on any atom is -0.459 e. The van der Waals surface area contributed by atoms with Crippen molar-refractivity contribution in [2.45, 2.75) is 26.8 Å². The van der Waals surface area contributed by atoms with Crippen LogP contribution in [-0.4, -0.2) is 0 Å². The van der Waals surface area contributed by atoms with Gasteiger partial charge < -0.3 is 10.2 Å². The molecule has 1 atom stereocenters. The molecule has 0 radical (unpaired) electrons. The van der Waals surface area contributed by atoms with Crippen LogP contribution in [0.15, 0.2) is 28.7 Å². The van der Waals surface area contributed by atoms with E-state index in [9.17, 15) is 4.39 Å². The lowest BCUT2D eigenvalue weighted by molar-refractivity contribution is 0.290. The summed E-state index contributed by atoms with van der Waals surface area (Å²) in [5.41, 5.74) is 6.56. The van der Waals surface area contributed by atoms with Crippen molar-refractivity contribution < 1.29 is 8.81 Å². The molecular weight excluding hydrogens is 205 g/mol. The zero-order valence-corrected chi connectivity index (χ0v) is 9.75. The third kappa shape index (κ3) is 1.95. The molecule has 1 heterocycles. The van der Waals surface area contributed by atoms with E-state index >= 15 is 0 Å². The van der Waals surface area contributed by atoms with Gasteiger partial charge in [-0.25, -0.2) is 4.39 Å². The van der Waals surface area contributed by atoms with Gasteiger partial charge in [-0.3, -0.25) is 0 Å². The number of hydrogen-bond acceptors (Lipinski definition) is 2. The van der Waals surface area contributed by atoms with Gasteiger partial charge in [-0.05, 0) is 23.6 Å². The van der Waals surface area contributed by atoms with E-state index < -0.39 is 0 Å². The maximum absolute atomic E-state index is 13.0. The van der Waals surface area contributed by atoms with Crippen LogP contribution in [0.25, 0.3) is 11.0 Å². The monoisotopic (exact) mass is 221 g/mol. The molecule has 1 unspecified atom stereocenters. The van der Waals surface area contributed by atoms with E-state index in [0.29, 0.717) is 11.3 Å². The Balaban J connectivity index is 2.47. The Morgan fingerprint density at radius 1 is 1.25 bits per heavy atom. The van der Waals surface area contributed by atoms with Crippen molar-refractivity contribution in [3.05, 3.63) is 35.8 Å². The second-order valence-electron chi connectivity index (χ2n) is 5.17. The van der Waals surface area contributed by atoms with E-state index in [1.807, 2.05) is 26.8 Å². The first-order valence-corrected chi connectivity index (χ1v) is 5.32. The maximum atomic E-state index is 13.0. The fourth-order valence-corrected chi connectivity index (χ4v) is 1.61. The zero-order chi connectivity index (χ0) is 11.9. The highest BCUT2D eigenvalue weighted by Gasteiger charge is 2.25. The number of benzene rings is 1. The van der Waals surface area contributed by atoms with Crippen LogP contribution in [0, 0.1) is 11.2 Å². The van der Waals surface area contributed by atoms with Gasteiger partial charge in [0, 0.05) is 11.5 Å². The van der Waals surface area contributed by atoms with Crippen LogP contribution in [0.1, 0.15) is 32.6 Å². The first-order valence-electron chi connectivity index (χ1n) is 5.32. The Labute approximate surface area is 94.2 Å². The van der Waals surface area contributed by atoms with Crippen LogP contribution in [0.5, 0.6) is 0 Å². The van der Waals surface area contributed by atoms with E-state index in [1.54, 1.807) is 6.07 Å². The summed E-state index contributed by atoms with van der Waals surface area (Å²) in [6, 6.07) is 6.19. The molecule has 3 heteroatoms. The third-order valence-corrected chi connectivity index (χ3v) is 2.74. The van der Waals surface area contributed by atoms with Gasteiger partial charge in [-0.1, -0.05) is 20.8 Å². The van der Waals surface area contributed by atoms with Gasteiger partial charge in [0.15, 0.2) is 0 Å². The van der Waals surface area contributed by atoms with E-state index in [4.69, 9.17) is 10.2 Å². The molecule has 0 spiro atoms. The van der Waals surface area contributed by atoms with Crippen LogP contribution in [0.4, 0.5) is 4.39 Å². The Kier molecular flexibility index (Phi) is 2.50. The Morgan fingerprint density at radius 2 is 1.94 bits per heavy atom. The summed E-state index contributed by atoms with van der Waals surface area (Å²) >= 11 is 0. The smallest absolute Gasteiger partial charge is 0.137 e. The maximum Gasteiger partial charge on any atom is 0.137 e. The van der Waals surface area contributed by atoms with Gasteiger partial charge in [-0.15, -0.1) is 0 Å². The van der Waals surface area contributed by atoms with Crippen molar-refractivity contribution >= 4 is 11.0 Å². The largest absolute Gasteiger partial charge is 0.459 e. The highest BCUT2D eigenvalue weighted by Crippen LogP contribution is 2.33. The fraction of sp³-hybridized carbons (Fsp3) is 0.385. The number of hydrogen-bond donors (Lipinski definition) is 1. The molecule has 2 rings (SSSR count). The molecule has 0 saturated heterocycles. The molecule has 16 heavy (non-hydrogen) atoms. The highest BCUT2D eigenvalue weighted by molar-refractivity contribution is 5.78. The molecule has 0 aliphatic heterocycles. The average Bonchev–Trinajstić information content (AvgIpc) is 2.57. The lowest BCUT2D eigenvalue weighted by atomic mass is 9.86. The van der Waals surface area contributed by atoms with E-state index in [1.165, 1.54) is 12.1 Å². The Morgan fingerprint density at radius 3 is 2.56 bits per heavy atom. The number of fused-ring (bicyclic) bond motifs is 1. The van der Waals surface area contributed by atoms with Crippen molar-refractivity contribution in [1.82, 2.24) is 0 Å². The van der Waals surface area contributed by atoms with Crippen molar-refractivity contribution in [3.8, 4) is 0 Å². The van der Waals surface area contributed by atoms with E-state index in [-0.39, 0.29) is 17.3 Å². The molecule has 2 aromatic rings. The van der Waals surface area contributed by atoms with Gasteiger partial charge in [0.25, 0.3) is 0 Å². The van der Waals surface area contributed by atoms with Crippen LogP contribution < -0.4 is 5.73 Å². The molecule has 0 saturated carbocycles. The minimum atomic E-state index is -0.294. The van der Waals surface area contributed by atoms with E-state index in [2.05, 4.69) is 0 Å². The average molecular weight is 221 g/mol. The molecule has 0 amide bonds. The highest BCUT2D eigenvalue weighted by atomic mass is 19.1. The topological polar surface area (TPSA) is 39.2 Å². The van der Waals surface area contributed by atoms with Crippen molar-refractivity contribution in [1.29, 1.82) is 0 Å². The molecule has 0 bridgehead atoms. The fourth-order valence-electron chi connectivity index (χ4n) is 1.61. The minimum absolute atomic E-state index is 0.0770. The molecule has 1 aromatic heterocycles. The van der Waals surface area contributed by atoms with E-state index in [0.717, 1.165) is 5.39 Å². The summed E-state index contributed by atoms with van der Waals surface area (Å²) < 4.78 is 18.6. The number of halogens is 1. The Hall–Kier alpha value is -1.35. The van der Waals surface area contributed by atoms with Crippen LogP contribution >= 0.6 is 0 Å². The number of furan rings is 1. The van der Waals surface area contributed by atoms with Crippen molar-refractivity contribution in [2.24, 2.45) is 11.1 Å². The first kappa shape index (κ1) is 11.1. The van der Waals surface area contributed by atoms with Gasteiger partial charge in [0.05, 0.1) is 6.04 Å². The van der Waals surface area contributed by atoms with Gasteiger partial charge in [0.1, 0.15) is 17.2 Å². The standard InChI is InChI=1S/C13H16FNO/c1-13(2,3)12(15)11-6-8-4-5-9(14)7-10(8)16-11/h4-7,12H,15H2,1-3H3. The second-order valence-corrected chi connectivity index (χ2v) is 5.17. The summed E-state index contributed by atoms with van der Waals surface area (Å²) in [7, 11) is 0. The molecule has 2 N–H and O–H groups in total. The third-order valence-electron chi connectivity index (χ3n) is 2.74. The lowest BCUT2D eigenvalue weighted by Crippen LogP contribution is -2.25. The summed E-state index contributed by atoms with van der Waals surface area (Å²) in [5, 5.41) is 0.885. The second kappa shape index (κ2) is 3.59. The van der Waals surface area contributed by atoms with Gasteiger partial charge in [0.2, 0.25) is 0 Å². The molecule has 0 aliphatic carbocycles. The summed E-state index contributed by atoms with van der Waals surface area (Å²) in [6.07, 6.45) is 0. The van der Waals surface area contributed by atoms with Crippen LogP contribution in [-0.2, 0) is 0 Å². The molecule has 1 aromatic carbocycles. The molecule has 2 nitrogen and oxygen atoms in total.